The summed E-state index contributed by atoms with van der Waals surface area (Å²) in [5.41, 5.74) is 0.522. The van der Waals surface area contributed by atoms with E-state index in [0.717, 1.165) is 37.9 Å². The molecule has 0 aromatic carbocycles. The lowest BCUT2D eigenvalue weighted by Crippen LogP contribution is -2.39. The fourth-order valence-electron chi connectivity index (χ4n) is 4.23. The summed E-state index contributed by atoms with van der Waals surface area (Å²) in [4.78, 5) is 43.6. The third kappa shape index (κ3) is 6.72. The topological polar surface area (TPSA) is 189 Å². The number of likely N-dealkylation sites (tertiary alicyclic amines) is 1. The van der Waals surface area contributed by atoms with Gasteiger partial charge in [-0.3, -0.25) is 9.69 Å². The van der Waals surface area contributed by atoms with Crippen molar-refractivity contribution in [1.82, 2.24) is 29.4 Å². The second-order valence-corrected chi connectivity index (χ2v) is 10.7. The summed E-state index contributed by atoms with van der Waals surface area (Å²) in [6.45, 7) is 7.58. The van der Waals surface area contributed by atoms with Gasteiger partial charge in [0.25, 0.3) is 11.7 Å². The Labute approximate surface area is 218 Å². The lowest BCUT2D eigenvalue weighted by Gasteiger charge is -2.33. The van der Waals surface area contributed by atoms with Gasteiger partial charge in [0.05, 0.1) is 18.4 Å². The zero-order valence-corrected chi connectivity index (χ0v) is 22.1. The van der Waals surface area contributed by atoms with E-state index in [0.29, 0.717) is 36.9 Å². The molecule has 3 aromatic rings. The van der Waals surface area contributed by atoms with Crippen LogP contribution < -0.4 is 0 Å². The molecule has 0 bridgehead atoms. The molecule has 1 amide bonds. The number of piperidine rings is 1. The molecular formula is C23H30N6O8S. The van der Waals surface area contributed by atoms with Crippen molar-refractivity contribution in [2.24, 2.45) is 0 Å². The highest BCUT2D eigenvalue weighted by Crippen LogP contribution is 2.32. The molecule has 1 aliphatic heterocycles. The number of hydrogen-bond acceptors (Lipinski definition) is 10. The first-order chi connectivity index (χ1) is 18.0. The lowest BCUT2D eigenvalue weighted by atomic mass is 9.94. The average molecular weight is 551 g/mol. The number of fused-ring (bicyclic) bond motifs is 1. The van der Waals surface area contributed by atoms with E-state index >= 15 is 0 Å². The van der Waals surface area contributed by atoms with E-state index in [4.69, 9.17) is 24.2 Å². The van der Waals surface area contributed by atoms with E-state index in [1.54, 1.807) is 11.0 Å². The Morgan fingerprint density at radius 2 is 1.82 bits per heavy atom. The van der Waals surface area contributed by atoms with Gasteiger partial charge in [0, 0.05) is 25.3 Å². The Bertz CT molecular complexity index is 1400. The minimum atomic E-state index is -3.53. The molecule has 3 aromatic heterocycles. The predicted molar refractivity (Wildman–Crippen MR) is 132 cm³/mol. The number of carboxylic acids is 2. The second kappa shape index (κ2) is 12.1. The van der Waals surface area contributed by atoms with Gasteiger partial charge in [0.2, 0.25) is 0 Å². The number of nitrogens with zero attached hydrogens (tertiary/aromatic N) is 6. The van der Waals surface area contributed by atoms with Crippen molar-refractivity contribution in [3.05, 3.63) is 41.9 Å². The zero-order valence-electron chi connectivity index (χ0n) is 21.3. The number of aromatic nitrogens is 4. The monoisotopic (exact) mass is 550 g/mol. The quantitative estimate of drug-likeness (QED) is 0.400. The van der Waals surface area contributed by atoms with Crippen molar-refractivity contribution in [1.29, 1.82) is 0 Å². The van der Waals surface area contributed by atoms with E-state index in [1.165, 1.54) is 17.0 Å². The number of furan rings is 1. The molecule has 0 spiro atoms. The summed E-state index contributed by atoms with van der Waals surface area (Å²) in [5.74, 6) is -2.66. The fourth-order valence-corrected chi connectivity index (χ4v) is 5.10. The fraction of sp³-hybridized carbons (Fsp3) is 0.478. The number of aliphatic carboxylic acids is 2. The van der Waals surface area contributed by atoms with E-state index < -0.39 is 21.8 Å². The minimum absolute atomic E-state index is 0.120. The molecule has 1 fully saturated rings. The van der Waals surface area contributed by atoms with Gasteiger partial charge in [-0.1, -0.05) is 13.8 Å². The van der Waals surface area contributed by atoms with Gasteiger partial charge < -0.3 is 19.5 Å². The van der Waals surface area contributed by atoms with Gasteiger partial charge in [-0.15, -0.1) is 0 Å². The molecule has 1 atom stereocenters. The highest BCUT2D eigenvalue weighted by Gasteiger charge is 2.32. The van der Waals surface area contributed by atoms with Crippen LogP contribution in [0.15, 0.2) is 34.0 Å². The van der Waals surface area contributed by atoms with Crippen LogP contribution in [-0.2, 0) is 26.0 Å². The van der Waals surface area contributed by atoms with Crippen molar-refractivity contribution < 1.29 is 37.4 Å². The molecule has 38 heavy (non-hydrogen) atoms. The number of carboxylic acid groups (broad SMARTS) is 2. The number of sulfone groups is 1. The second-order valence-electron chi connectivity index (χ2n) is 8.68. The van der Waals surface area contributed by atoms with Crippen LogP contribution in [0.2, 0.25) is 0 Å². The summed E-state index contributed by atoms with van der Waals surface area (Å²) >= 11 is 0. The molecule has 1 unspecified atom stereocenters. The van der Waals surface area contributed by atoms with Gasteiger partial charge >= 0.3 is 11.9 Å². The Balaban J connectivity index is 0.000000599. The Hall–Kier alpha value is -3.85. The maximum Gasteiger partial charge on any atom is 0.414 e. The largest absolute Gasteiger partial charge is 0.473 e. The van der Waals surface area contributed by atoms with Crippen LogP contribution in [0, 0.1) is 0 Å². The van der Waals surface area contributed by atoms with Crippen molar-refractivity contribution in [3.63, 3.8) is 0 Å². The summed E-state index contributed by atoms with van der Waals surface area (Å²) in [7, 11) is -3.53. The molecule has 4 heterocycles. The van der Waals surface area contributed by atoms with Crippen LogP contribution >= 0.6 is 0 Å². The molecular weight excluding hydrogens is 520 g/mol. The number of carbonyl (C=O) groups is 3. The van der Waals surface area contributed by atoms with E-state index in [2.05, 4.69) is 33.8 Å². The average Bonchev–Trinajstić information content (AvgIpc) is 3.55. The molecule has 14 nitrogen and oxygen atoms in total. The van der Waals surface area contributed by atoms with Gasteiger partial charge in [0.1, 0.15) is 17.0 Å². The van der Waals surface area contributed by atoms with Gasteiger partial charge in [-0.25, -0.2) is 23.0 Å². The van der Waals surface area contributed by atoms with Gasteiger partial charge in [0.15, 0.2) is 15.6 Å². The molecule has 1 aliphatic rings. The van der Waals surface area contributed by atoms with E-state index in [-0.39, 0.29) is 16.7 Å². The summed E-state index contributed by atoms with van der Waals surface area (Å²) in [6, 6.07) is 3.56. The molecule has 0 radical (unpaired) electrons. The van der Waals surface area contributed by atoms with E-state index in [1.807, 2.05) is 6.07 Å². The first-order valence-electron chi connectivity index (χ1n) is 11.9. The number of amides is 1. The zero-order chi connectivity index (χ0) is 28.0. The van der Waals surface area contributed by atoms with Crippen LogP contribution in [0.1, 0.15) is 54.6 Å². The minimum Gasteiger partial charge on any atom is -0.473 e. The van der Waals surface area contributed by atoms with Gasteiger partial charge in [-0.05, 0) is 38.1 Å². The third-order valence-electron chi connectivity index (χ3n) is 6.13. The van der Waals surface area contributed by atoms with Crippen molar-refractivity contribution in [2.45, 2.75) is 44.0 Å². The Morgan fingerprint density at radius 1 is 1.13 bits per heavy atom. The predicted octanol–water partition coefficient (Wildman–Crippen LogP) is 1.14. The highest BCUT2D eigenvalue weighted by molar-refractivity contribution is 7.90. The first-order valence-corrected chi connectivity index (χ1v) is 13.8. The van der Waals surface area contributed by atoms with Crippen molar-refractivity contribution in [3.8, 4) is 0 Å². The normalized spacial score (nSPS) is 15.8. The van der Waals surface area contributed by atoms with Crippen molar-refractivity contribution in [2.75, 3.05) is 32.4 Å². The number of rotatable bonds is 7. The molecule has 0 aliphatic carbocycles. The first kappa shape index (κ1) is 28.7. The third-order valence-corrected chi connectivity index (χ3v) is 7.25. The SMILES string of the molecule is CCN(CC)Cc1ccc(C(=O)N2CCCC(c3c(S(C)(=O)=O)cnc4ncnn34)C2)o1.O=C(O)C(=O)O. The standard InChI is InChI=1S/C21H28N6O4S.C2H2O4/c1-4-25(5-2)13-16-8-9-17(31-16)20(28)26-10-6-7-15(12-26)19-18(32(3,29)30)11-22-21-23-14-24-27(19)21;3-1(4)2(5)6/h8-9,11,14-15H,4-7,10,12-13H2,1-3H3;(H,3,4)(H,5,6). The highest BCUT2D eigenvalue weighted by atomic mass is 32.2. The Morgan fingerprint density at radius 3 is 2.42 bits per heavy atom. The summed E-state index contributed by atoms with van der Waals surface area (Å²) < 4.78 is 32.2. The van der Waals surface area contributed by atoms with Crippen LogP contribution in [0.3, 0.4) is 0 Å². The smallest absolute Gasteiger partial charge is 0.414 e. The molecule has 0 saturated carbocycles. The van der Waals surface area contributed by atoms with Crippen LogP contribution in [0.5, 0.6) is 0 Å². The summed E-state index contributed by atoms with van der Waals surface area (Å²) in [6.07, 6.45) is 5.31. The van der Waals surface area contributed by atoms with Crippen molar-refractivity contribution >= 4 is 33.5 Å². The van der Waals surface area contributed by atoms with E-state index in [9.17, 15) is 13.2 Å². The molecule has 4 rings (SSSR count). The van der Waals surface area contributed by atoms with Crippen LogP contribution in [-0.4, -0.2) is 98.3 Å². The number of hydrogen-bond donors (Lipinski definition) is 2. The lowest BCUT2D eigenvalue weighted by molar-refractivity contribution is -0.159. The Kier molecular flexibility index (Phi) is 9.17. The van der Waals surface area contributed by atoms with Crippen LogP contribution in [0.25, 0.3) is 5.78 Å². The molecule has 1 saturated heterocycles. The maximum absolute atomic E-state index is 13.2. The molecule has 206 valence electrons. The molecule has 2 N–H and O–H groups in total. The number of carbonyl (C=O) groups excluding carboxylic acids is 1. The maximum atomic E-state index is 13.2. The molecule has 15 heteroatoms. The summed E-state index contributed by atoms with van der Waals surface area (Å²) in [5, 5.41) is 19.0. The van der Waals surface area contributed by atoms with Crippen LogP contribution in [0.4, 0.5) is 0 Å². The van der Waals surface area contributed by atoms with Gasteiger partial charge in [-0.2, -0.15) is 14.6 Å².